The van der Waals surface area contributed by atoms with E-state index in [1.807, 2.05) is 55.6 Å². The first-order chi connectivity index (χ1) is 12.8. The van der Waals surface area contributed by atoms with Crippen LogP contribution >= 0.6 is 8.09 Å². The van der Waals surface area contributed by atoms with E-state index < -0.39 is 8.09 Å². The Morgan fingerprint density at radius 3 is 1.77 bits per heavy atom. The van der Waals surface area contributed by atoms with Crippen molar-refractivity contribution in [2.75, 3.05) is 7.05 Å². The van der Waals surface area contributed by atoms with Crippen molar-refractivity contribution in [1.82, 2.24) is 4.67 Å². The number of rotatable bonds is 2. The summed E-state index contributed by atoms with van der Waals surface area (Å²) in [4.78, 5) is 0. The molecule has 1 spiro atoms. The van der Waals surface area contributed by atoms with Crippen LogP contribution in [0.2, 0.25) is 0 Å². The van der Waals surface area contributed by atoms with E-state index in [4.69, 9.17) is 13.6 Å². The molecule has 5 rings (SSSR count). The van der Waals surface area contributed by atoms with E-state index in [-0.39, 0.29) is 12.1 Å². The van der Waals surface area contributed by atoms with Crippen molar-refractivity contribution in [3.05, 3.63) is 96.1 Å². The molecule has 3 aromatic carbocycles. The van der Waals surface area contributed by atoms with Crippen LogP contribution in [-0.2, 0) is 4.52 Å². The van der Waals surface area contributed by atoms with Gasteiger partial charge in [0.2, 0.25) is 11.5 Å². The van der Waals surface area contributed by atoms with Gasteiger partial charge in [-0.2, -0.15) is 0 Å². The number of likely N-dealkylation sites (N-methyl/N-ethyl adjacent to an activating group) is 1. The van der Waals surface area contributed by atoms with Crippen LogP contribution in [0, 0.1) is 0 Å². The Kier molecular flexibility index (Phi) is 3.71. The molecule has 1 fully saturated rings. The molecule has 0 amide bonds. The number of fused-ring (bicyclic) bond motifs is 1. The number of benzene rings is 3. The lowest BCUT2D eigenvalue weighted by Gasteiger charge is -2.20. The van der Waals surface area contributed by atoms with Gasteiger partial charge >= 0.3 is 8.09 Å². The summed E-state index contributed by atoms with van der Waals surface area (Å²) < 4.78 is 21.2. The fraction of sp³-hybridized carbons (Fsp3) is 0.143. The van der Waals surface area contributed by atoms with Crippen LogP contribution in [0.15, 0.2) is 84.9 Å². The summed E-state index contributed by atoms with van der Waals surface area (Å²) in [6.45, 7) is 0. The Morgan fingerprint density at radius 1 is 0.692 bits per heavy atom. The summed E-state index contributed by atoms with van der Waals surface area (Å²) in [5.74, 6) is 1.49. The molecule has 130 valence electrons. The number of para-hydroxylation sites is 2. The molecule has 0 aliphatic carbocycles. The van der Waals surface area contributed by atoms with Gasteiger partial charge < -0.3 is 0 Å². The van der Waals surface area contributed by atoms with Crippen molar-refractivity contribution in [2.45, 2.75) is 12.1 Å². The third-order valence-electron chi connectivity index (χ3n) is 4.87. The first kappa shape index (κ1) is 15.8. The Bertz CT molecular complexity index is 894. The van der Waals surface area contributed by atoms with E-state index in [9.17, 15) is 0 Å². The molecule has 26 heavy (non-hydrogen) atoms. The van der Waals surface area contributed by atoms with Crippen LogP contribution < -0.4 is 9.05 Å². The van der Waals surface area contributed by atoms with Crippen molar-refractivity contribution >= 4 is 8.09 Å². The van der Waals surface area contributed by atoms with E-state index in [2.05, 4.69) is 41.1 Å². The minimum atomic E-state index is -2.68. The molecule has 2 aliphatic heterocycles. The van der Waals surface area contributed by atoms with Gasteiger partial charge in [-0.05, 0) is 23.3 Å². The maximum Gasteiger partial charge on any atom is 0.596 e. The third-order valence-corrected chi connectivity index (χ3v) is 7.24. The lowest BCUT2D eigenvalue weighted by Crippen LogP contribution is -2.23. The van der Waals surface area contributed by atoms with Gasteiger partial charge in [0, 0.05) is 7.05 Å². The van der Waals surface area contributed by atoms with Gasteiger partial charge in [-0.1, -0.05) is 77.5 Å². The Labute approximate surface area is 153 Å². The van der Waals surface area contributed by atoms with Gasteiger partial charge in [0.05, 0.1) is 0 Å². The molecule has 0 saturated carbocycles. The van der Waals surface area contributed by atoms with Gasteiger partial charge in [-0.3, -0.25) is 9.05 Å². The zero-order chi connectivity index (χ0) is 17.6. The standard InChI is InChI=1S/C21H19NO3P/c1-22-20(16-10-4-2-5-11-16)21(17-12-6-3-7-13-17)25-26(22)23-18-14-8-9-15-19(18)24-26/h2-15,20-21H,1H3/q+1. The fourth-order valence-corrected chi connectivity index (χ4v) is 6.00. The average Bonchev–Trinajstić information content (AvgIpc) is 3.21. The summed E-state index contributed by atoms with van der Waals surface area (Å²) in [5, 5.41) is 0. The lowest BCUT2D eigenvalue weighted by molar-refractivity contribution is 0.188. The Morgan fingerprint density at radius 2 is 1.19 bits per heavy atom. The zero-order valence-electron chi connectivity index (χ0n) is 14.4. The molecule has 4 nitrogen and oxygen atoms in total. The molecular formula is C21H19NO3P+. The molecule has 3 aromatic rings. The monoisotopic (exact) mass is 364 g/mol. The lowest BCUT2D eigenvalue weighted by atomic mass is 9.96. The van der Waals surface area contributed by atoms with Crippen LogP contribution in [0.1, 0.15) is 23.3 Å². The highest BCUT2D eigenvalue weighted by Crippen LogP contribution is 2.78. The van der Waals surface area contributed by atoms with Gasteiger partial charge in [0.25, 0.3) is 0 Å². The summed E-state index contributed by atoms with van der Waals surface area (Å²) in [6.07, 6.45) is -0.161. The zero-order valence-corrected chi connectivity index (χ0v) is 15.3. The summed E-state index contributed by atoms with van der Waals surface area (Å²) in [7, 11) is -0.652. The van der Waals surface area contributed by atoms with Crippen molar-refractivity contribution in [2.24, 2.45) is 0 Å². The minimum Gasteiger partial charge on any atom is -0.259 e. The van der Waals surface area contributed by atoms with E-state index in [0.717, 1.165) is 17.1 Å². The molecular weight excluding hydrogens is 345 g/mol. The number of hydrogen-bond donors (Lipinski definition) is 0. The number of hydrogen-bond acceptors (Lipinski definition) is 4. The second-order valence-electron chi connectivity index (χ2n) is 6.46. The maximum absolute atomic E-state index is 6.55. The molecule has 0 aromatic heterocycles. The second-order valence-corrected chi connectivity index (χ2v) is 8.61. The Hall–Kier alpha value is -2.39. The Balaban J connectivity index is 1.59. The van der Waals surface area contributed by atoms with Crippen LogP contribution in [-0.4, -0.2) is 11.7 Å². The van der Waals surface area contributed by atoms with Crippen LogP contribution in [0.4, 0.5) is 0 Å². The van der Waals surface area contributed by atoms with E-state index in [1.54, 1.807) is 0 Å². The topological polar surface area (TPSA) is 30.9 Å². The summed E-state index contributed by atoms with van der Waals surface area (Å²) in [6, 6.07) is 28.4. The third kappa shape index (κ3) is 2.42. The largest absolute Gasteiger partial charge is 0.596 e. The van der Waals surface area contributed by atoms with Crippen molar-refractivity contribution in [3.8, 4) is 11.5 Å². The molecule has 2 heterocycles. The SMILES string of the molecule is CN1C(c2ccccc2)C(c2ccccc2)O[P+]12Oc1ccccc1O2. The van der Waals surface area contributed by atoms with Crippen molar-refractivity contribution in [3.63, 3.8) is 0 Å². The molecule has 5 heteroatoms. The molecule has 2 unspecified atom stereocenters. The van der Waals surface area contributed by atoms with Gasteiger partial charge in [-0.15, -0.1) is 4.52 Å². The average molecular weight is 364 g/mol. The molecule has 0 bridgehead atoms. The van der Waals surface area contributed by atoms with E-state index in [0.29, 0.717) is 0 Å². The summed E-state index contributed by atoms with van der Waals surface area (Å²) >= 11 is 0. The van der Waals surface area contributed by atoms with Gasteiger partial charge in [0.1, 0.15) is 6.04 Å². The van der Waals surface area contributed by atoms with Crippen molar-refractivity contribution in [1.29, 1.82) is 0 Å². The van der Waals surface area contributed by atoms with Gasteiger partial charge in [-0.25, -0.2) is 0 Å². The molecule has 1 saturated heterocycles. The van der Waals surface area contributed by atoms with Crippen LogP contribution in [0.3, 0.4) is 0 Å². The molecule has 0 N–H and O–H groups in total. The molecule has 0 radical (unpaired) electrons. The number of nitrogens with zero attached hydrogens (tertiary/aromatic N) is 1. The quantitative estimate of drug-likeness (QED) is 0.556. The second kappa shape index (κ2) is 6.10. The fourth-order valence-electron chi connectivity index (χ4n) is 3.59. The van der Waals surface area contributed by atoms with Gasteiger partial charge in [0.15, 0.2) is 6.10 Å². The first-order valence-electron chi connectivity index (χ1n) is 8.66. The highest BCUT2D eigenvalue weighted by atomic mass is 31.2. The molecule has 2 atom stereocenters. The van der Waals surface area contributed by atoms with Crippen LogP contribution in [0.25, 0.3) is 0 Å². The highest BCUT2D eigenvalue weighted by molar-refractivity contribution is 7.60. The predicted octanol–water partition coefficient (Wildman–Crippen LogP) is 5.58. The molecule has 2 aliphatic rings. The van der Waals surface area contributed by atoms with Crippen molar-refractivity contribution < 1.29 is 13.6 Å². The highest BCUT2D eigenvalue weighted by Gasteiger charge is 2.70. The smallest absolute Gasteiger partial charge is 0.259 e. The predicted molar refractivity (Wildman–Crippen MR) is 102 cm³/mol. The maximum atomic E-state index is 6.55. The summed E-state index contributed by atoms with van der Waals surface area (Å²) in [5.41, 5.74) is 2.30. The van der Waals surface area contributed by atoms with E-state index >= 15 is 0 Å². The normalized spacial score (nSPS) is 23.4. The van der Waals surface area contributed by atoms with Crippen LogP contribution in [0.5, 0.6) is 11.5 Å². The van der Waals surface area contributed by atoms with E-state index in [1.165, 1.54) is 5.56 Å². The minimum absolute atomic E-state index is 0.0150. The first-order valence-corrected chi connectivity index (χ1v) is 10.2.